The third kappa shape index (κ3) is 3.87. The number of nitrogens with zero attached hydrogens (tertiary/aromatic N) is 2. The third-order valence-electron chi connectivity index (χ3n) is 4.74. The molecule has 2 fully saturated rings. The zero-order valence-corrected chi connectivity index (χ0v) is 13.5. The molecule has 0 saturated carbocycles. The fraction of sp³-hybridized carbons (Fsp3) is 0.765. The molecule has 1 aromatic heterocycles. The maximum Gasteiger partial charge on any atom is 0.122 e. The largest absolute Gasteiger partial charge is 0.468 e. The number of furan rings is 1. The molecule has 3 rings (SSSR count). The minimum absolute atomic E-state index is 0.679. The van der Waals surface area contributed by atoms with E-state index >= 15 is 0 Å². The number of nitrogens with one attached hydrogen (secondary N) is 1. The van der Waals surface area contributed by atoms with Gasteiger partial charge in [-0.2, -0.15) is 0 Å². The SMILES string of the molecule is CC(C)CNCc1occc1CN1CCN2CCCC2C1. The van der Waals surface area contributed by atoms with Crippen molar-refractivity contribution >= 4 is 0 Å². The van der Waals surface area contributed by atoms with Crippen molar-refractivity contribution < 1.29 is 4.42 Å². The second kappa shape index (κ2) is 6.95. The lowest BCUT2D eigenvalue weighted by Crippen LogP contribution is -2.49. The second-order valence-corrected chi connectivity index (χ2v) is 6.96. The van der Waals surface area contributed by atoms with Crippen molar-refractivity contribution in [1.82, 2.24) is 15.1 Å². The van der Waals surface area contributed by atoms with Crippen molar-refractivity contribution in [3.8, 4) is 0 Å². The molecule has 1 atom stereocenters. The van der Waals surface area contributed by atoms with Crippen LogP contribution in [0.4, 0.5) is 0 Å². The summed E-state index contributed by atoms with van der Waals surface area (Å²) in [5, 5.41) is 3.48. The maximum atomic E-state index is 5.68. The van der Waals surface area contributed by atoms with E-state index in [2.05, 4.69) is 35.0 Å². The highest BCUT2D eigenvalue weighted by atomic mass is 16.3. The molecule has 4 nitrogen and oxygen atoms in total. The van der Waals surface area contributed by atoms with Crippen molar-refractivity contribution in [3.05, 3.63) is 23.7 Å². The number of hydrogen-bond donors (Lipinski definition) is 1. The summed E-state index contributed by atoms with van der Waals surface area (Å²) in [6.07, 6.45) is 4.60. The van der Waals surface area contributed by atoms with Gasteiger partial charge >= 0.3 is 0 Å². The van der Waals surface area contributed by atoms with Gasteiger partial charge in [0.25, 0.3) is 0 Å². The molecule has 118 valence electrons. The summed E-state index contributed by atoms with van der Waals surface area (Å²) in [7, 11) is 0. The van der Waals surface area contributed by atoms with Gasteiger partial charge in [0.1, 0.15) is 5.76 Å². The van der Waals surface area contributed by atoms with Crippen LogP contribution in [0.2, 0.25) is 0 Å². The molecule has 2 aliphatic rings. The molecule has 2 saturated heterocycles. The quantitative estimate of drug-likeness (QED) is 0.871. The van der Waals surface area contributed by atoms with Crippen LogP contribution in [0.1, 0.15) is 38.0 Å². The van der Waals surface area contributed by atoms with Crippen molar-refractivity contribution in [1.29, 1.82) is 0 Å². The Labute approximate surface area is 128 Å². The van der Waals surface area contributed by atoms with Crippen molar-refractivity contribution in [2.24, 2.45) is 5.92 Å². The Balaban J connectivity index is 1.52. The Kier molecular flexibility index (Phi) is 4.99. The summed E-state index contributed by atoms with van der Waals surface area (Å²) in [6.45, 7) is 12.4. The maximum absolute atomic E-state index is 5.68. The van der Waals surface area contributed by atoms with Gasteiger partial charge < -0.3 is 9.73 Å². The number of rotatable bonds is 6. The molecule has 0 spiro atoms. The van der Waals surface area contributed by atoms with Gasteiger partial charge in [0.15, 0.2) is 0 Å². The Morgan fingerprint density at radius 3 is 3.10 bits per heavy atom. The highest BCUT2D eigenvalue weighted by molar-refractivity contribution is 5.17. The molecule has 4 heteroatoms. The fourth-order valence-electron chi connectivity index (χ4n) is 3.58. The van der Waals surface area contributed by atoms with Crippen LogP contribution in [0.3, 0.4) is 0 Å². The van der Waals surface area contributed by atoms with E-state index in [4.69, 9.17) is 4.42 Å². The van der Waals surface area contributed by atoms with Crippen LogP contribution in [0, 0.1) is 5.92 Å². The number of piperazine rings is 1. The molecule has 21 heavy (non-hydrogen) atoms. The van der Waals surface area contributed by atoms with Crippen molar-refractivity contribution in [2.75, 3.05) is 32.7 Å². The molecule has 2 aliphatic heterocycles. The Morgan fingerprint density at radius 1 is 1.33 bits per heavy atom. The lowest BCUT2D eigenvalue weighted by Gasteiger charge is -2.37. The van der Waals surface area contributed by atoms with E-state index in [0.29, 0.717) is 5.92 Å². The highest BCUT2D eigenvalue weighted by Gasteiger charge is 2.30. The Hall–Kier alpha value is -0.840. The first-order valence-corrected chi connectivity index (χ1v) is 8.44. The summed E-state index contributed by atoms with van der Waals surface area (Å²) in [5.41, 5.74) is 1.36. The highest BCUT2D eigenvalue weighted by Crippen LogP contribution is 2.23. The number of hydrogen-bond acceptors (Lipinski definition) is 4. The molecule has 0 radical (unpaired) electrons. The molecule has 0 aromatic carbocycles. The minimum Gasteiger partial charge on any atom is -0.468 e. The third-order valence-corrected chi connectivity index (χ3v) is 4.74. The van der Waals surface area contributed by atoms with Gasteiger partial charge in [0.05, 0.1) is 12.8 Å². The van der Waals surface area contributed by atoms with Gasteiger partial charge in [0, 0.05) is 37.8 Å². The molecule has 0 amide bonds. The van der Waals surface area contributed by atoms with Gasteiger partial charge in [-0.1, -0.05) is 13.8 Å². The van der Waals surface area contributed by atoms with E-state index in [1.54, 1.807) is 0 Å². The molecule has 1 aromatic rings. The van der Waals surface area contributed by atoms with Crippen LogP contribution < -0.4 is 5.32 Å². The molecule has 0 bridgehead atoms. The van der Waals surface area contributed by atoms with E-state index < -0.39 is 0 Å². The standard InChI is InChI=1S/C17H29N3O/c1-14(2)10-18-11-17-15(5-9-21-17)12-19-7-8-20-6-3-4-16(20)13-19/h5,9,14,16,18H,3-4,6-8,10-13H2,1-2H3. The first-order valence-electron chi connectivity index (χ1n) is 8.44. The average molecular weight is 291 g/mol. The fourth-order valence-corrected chi connectivity index (χ4v) is 3.58. The van der Waals surface area contributed by atoms with Gasteiger partial charge in [-0.25, -0.2) is 0 Å². The Bertz CT molecular complexity index is 443. The monoisotopic (exact) mass is 291 g/mol. The molecular formula is C17H29N3O. The number of fused-ring (bicyclic) bond motifs is 1. The lowest BCUT2D eigenvalue weighted by molar-refractivity contribution is 0.0989. The first-order chi connectivity index (χ1) is 10.2. The van der Waals surface area contributed by atoms with E-state index in [1.165, 1.54) is 44.6 Å². The first kappa shape index (κ1) is 15.1. The molecule has 1 unspecified atom stereocenters. The topological polar surface area (TPSA) is 31.7 Å². The summed E-state index contributed by atoms with van der Waals surface area (Å²) >= 11 is 0. The summed E-state index contributed by atoms with van der Waals surface area (Å²) in [5.74, 6) is 1.79. The van der Waals surface area contributed by atoms with Gasteiger partial charge in [0.2, 0.25) is 0 Å². The van der Waals surface area contributed by atoms with Gasteiger partial charge in [-0.3, -0.25) is 9.80 Å². The molecule has 0 aliphatic carbocycles. The van der Waals surface area contributed by atoms with E-state index in [-0.39, 0.29) is 0 Å². The van der Waals surface area contributed by atoms with Crippen LogP contribution in [-0.2, 0) is 13.1 Å². The van der Waals surface area contributed by atoms with Gasteiger partial charge in [-0.15, -0.1) is 0 Å². The van der Waals surface area contributed by atoms with Crippen LogP contribution in [-0.4, -0.2) is 48.6 Å². The predicted molar refractivity (Wildman–Crippen MR) is 85.1 cm³/mol. The van der Waals surface area contributed by atoms with E-state index in [9.17, 15) is 0 Å². The zero-order valence-electron chi connectivity index (χ0n) is 13.5. The van der Waals surface area contributed by atoms with Crippen LogP contribution in [0.25, 0.3) is 0 Å². The van der Waals surface area contributed by atoms with Crippen molar-refractivity contribution in [2.45, 2.75) is 45.8 Å². The Morgan fingerprint density at radius 2 is 2.24 bits per heavy atom. The molecule has 1 N–H and O–H groups in total. The van der Waals surface area contributed by atoms with E-state index in [1.807, 2.05) is 6.26 Å². The van der Waals surface area contributed by atoms with Crippen LogP contribution in [0.15, 0.2) is 16.7 Å². The zero-order chi connectivity index (χ0) is 14.7. The molecular weight excluding hydrogens is 262 g/mol. The summed E-state index contributed by atoms with van der Waals surface area (Å²) < 4.78 is 5.68. The van der Waals surface area contributed by atoms with E-state index in [0.717, 1.165) is 31.4 Å². The lowest BCUT2D eigenvalue weighted by atomic mass is 10.1. The predicted octanol–water partition coefficient (Wildman–Crippen LogP) is 2.31. The van der Waals surface area contributed by atoms with Crippen molar-refractivity contribution in [3.63, 3.8) is 0 Å². The summed E-state index contributed by atoms with van der Waals surface area (Å²) in [6, 6.07) is 2.95. The minimum atomic E-state index is 0.679. The van der Waals surface area contributed by atoms with Gasteiger partial charge in [-0.05, 0) is 37.9 Å². The normalized spacial score (nSPS) is 23.9. The smallest absolute Gasteiger partial charge is 0.122 e. The average Bonchev–Trinajstić information content (AvgIpc) is 3.07. The second-order valence-electron chi connectivity index (χ2n) is 6.96. The summed E-state index contributed by atoms with van der Waals surface area (Å²) in [4.78, 5) is 5.26. The molecule has 3 heterocycles. The van der Waals surface area contributed by atoms with Crippen LogP contribution >= 0.6 is 0 Å². The van der Waals surface area contributed by atoms with Crippen LogP contribution in [0.5, 0.6) is 0 Å².